The van der Waals surface area contributed by atoms with Crippen molar-refractivity contribution in [3.63, 3.8) is 0 Å². The highest BCUT2D eigenvalue weighted by molar-refractivity contribution is 7.98. The monoisotopic (exact) mass is 1660 g/mol. The SMILES string of the molecule is CC[C@H](C)[C@H](N)C(=O)N[C@@H](CC(N)=O)C(=O)N[C@@H](Cc1c[nH]c2ccccc12)C(=O)N[C@@H](CCCCN)C(=O)NCC(=O)N[C@H](C(=O)N[C@@H](C)C(=O)N[C@@H](C)C(=O)N[C@@H](CCSC)C(=O)N[C@@H](Cc1ccc(C#N)cc1)C(=O)N[C@@H](CCCCN)C(=O)N[C@@H](CCCCN)C(=O)N[C@@H](CC(C)C)C(=O)N[C@@H](CC(C)C)C(N)=O)[C@@H](C)CC. The number of thioether (sulfide) groups is 1. The largest absolute Gasteiger partial charge is 0.370 e. The Labute approximate surface area is 690 Å². The Hall–Kier alpha value is -10.3. The third-order valence-electron chi connectivity index (χ3n) is 19.9. The van der Waals surface area contributed by atoms with Gasteiger partial charge in [-0.1, -0.05) is 98.6 Å². The fourth-order valence-electron chi connectivity index (χ4n) is 12.5. The van der Waals surface area contributed by atoms with Crippen LogP contribution in [0.1, 0.15) is 182 Å². The number of carbonyl (C=O) groups excluding carboxylic acids is 15. The van der Waals surface area contributed by atoms with Gasteiger partial charge < -0.3 is 109 Å². The first kappa shape index (κ1) is 101. The minimum Gasteiger partial charge on any atom is -0.370 e. The van der Waals surface area contributed by atoms with Crippen molar-refractivity contribution in [2.75, 3.05) is 38.2 Å². The second-order valence-electron chi connectivity index (χ2n) is 30.6. The number of nitrogens with zero attached hydrogens (tertiary/aromatic N) is 1. The van der Waals surface area contributed by atoms with Crippen molar-refractivity contribution in [1.29, 1.82) is 5.26 Å². The zero-order valence-corrected chi connectivity index (χ0v) is 70.3. The van der Waals surface area contributed by atoms with Crippen LogP contribution in [0.3, 0.4) is 0 Å². The number of nitrogens with two attached hydrogens (primary N) is 6. The summed E-state index contributed by atoms with van der Waals surface area (Å²) in [5.41, 5.74) is 36.9. The molecule has 37 heteroatoms. The number of aromatic amines is 1. The average Bonchev–Trinajstić information content (AvgIpc) is 1.68. The molecule has 0 fully saturated rings. The van der Waals surface area contributed by atoms with Crippen LogP contribution in [0.25, 0.3) is 10.9 Å². The molecule has 117 heavy (non-hydrogen) atoms. The molecule has 0 aliphatic heterocycles. The normalized spacial score (nSPS) is 15.1. The molecule has 0 radical (unpaired) electrons. The average molecular weight is 1660 g/mol. The fraction of sp³-hybridized carbons (Fsp3) is 0.625. The highest BCUT2D eigenvalue weighted by Crippen LogP contribution is 2.21. The number of primary amides is 2. The van der Waals surface area contributed by atoms with E-state index in [-0.39, 0.29) is 88.8 Å². The van der Waals surface area contributed by atoms with Crippen LogP contribution in [0, 0.1) is 35.0 Å². The van der Waals surface area contributed by atoms with E-state index < -0.39 is 186 Å². The van der Waals surface area contributed by atoms with Gasteiger partial charge in [-0.3, -0.25) is 71.9 Å². The molecule has 0 aliphatic rings. The number of nitriles is 1. The van der Waals surface area contributed by atoms with Crippen LogP contribution in [0.5, 0.6) is 0 Å². The maximum atomic E-state index is 14.8. The molecule has 0 saturated heterocycles. The van der Waals surface area contributed by atoms with Gasteiger partial charge in [0, 0.05) is 29.9 Å². The zero-order valence-electron chi connectivity index (χ0n) is 69.5. The lowest BCUT2D eigenvalue weighted by atomic mass is 9.98. The zero-order chi connectivity index (χ0) is 87.6. The Morgan fingerprint density at radius 1 is 0.453 bits per heavy atom. The third-order valence-corrected chi connectivity index (χ3v) is 20.6. The molecule has 3 rings (SSSR count). The molecule has 650 valence electrons. The predicted molar refractivity (Wildman–Crippen MR) is 445 cm³/mol. The van der Waals surface area contributed by atoms with E-state index >= 15 is 0 Å². The molecule has 1 aromatic heterocycles. The van der Waals surface area contributed by atoms with Crippen LogP contribution in [0.2, 0.25) is 0 Å². The van der Waals surface area contributed by atoms with Crippen molar-refractivity contribution in [1.82, 2.24) is 74.1 Å². The summed E-state index contributed by atoms with van der Waals surface area (Å²) in [6.45, 7) is 17.0. The first-order chi connectivity index (χ1) is 55.4. The Balaban J connectivity index is 1.85. The van der Waals surface area contributed by atoms with Gasteiger partial charge in [-0.05, 0) is 176 Å². The molecular weight excluding hydrogens is 1530 g/mol. The Morgan fingerprint density at radius 2 is 0.872 bits per heavy atom. The summed E-state index contributed by atoms with van der Waals surface area (Å²) < 4.78 is 0. The molecule has 0 unspecified atom stereocenters. The molecule has 1 heterocycles. The third kappa shape index (κ3) is 36.0. The van der Waals surface area contributed by atoms with Gasteiger partial charge >= 0.3 is 0 Å². The number of amides is 15. The van der Waals surface area contributed by atoms with Crippen molar-refractivity contribution in [3.8, 4) is 6.07 Å². The lowest BCUT2D eigenvalue weighted by Crippen LogP contribution is -2.60. The number of rotatable bonds is 56. The number of fused-ring (bicyclic) bond motifs is 1. The standard InChI is InChI=1S/C80H129N21O15S/c1-12-46(7)66(86)79(115)100-63(40-64(85)102)78(114)99-62(39-52-42-88-54-23-15-14-22-53(52)54)77(113)93-55(24-16-19-32-81)71(107)89-43-65(103)101-67(47(8)13-2)80(116)91-48(9)69(105)90-49(10)70(106)92-58(31-35-117-11)74(110)98-61(38-50-27-29-51(41-84)30-28-50)76(112)95-56(25-17-20-33-82)72(108)94-57(26-18-21-34-83)73(109)97-60(37-45(5)6)75(111)96-59(68(87)104)36-44(3)4/h14-15,22-23,27-30,42,44-49,55-63,66-67,88H,12-13,16-21,24-26,31-40,43,81-83,86H2,1-11H3,(H2,85,102)(H2,87,104)(H,89,107)(H,90,105)(H,91,116)(H,92,106)(H,93,113)(H,94,108)(H,95,112)(H,96,111)(H,97,109)(H,98,110)(H,99,114)(H,100,115)(H,101,103)/t46-,47-,48-,49-,55-,56-,57-,58-,59-,60-,61-,62-,63-,66-,67-/m0/s1. The topological polar surface area (TPSA) is 608 Å². The highest BCUT2D eigenvalue weighted by Gasteiger charge is 2.38. The predicted octanol–water partition coefficient (Wildman–Crippen LogP) is -1.19. The minimum atomic E-state index is -1.55. The molecule has 36 nitrogen and oxygen atoms in total. The molecular formula is C80H129N21O15S. The molecule has 26 N–H and O–H groups in total. The Morgan fingerprint density at radius 3 is 1.36 bits per heavy atom. The highest BCUT2D eigenvalue weighted by atomic mass is 32.2. The number of aromatic nitrogens is 1. The quantitative estimate of drug-likeness (QED) is 0.0296. The van der Waals surface area contributed by atoms with Crippen molar-refractivity contribution in [3.05, 3.63) is 71.4 Å². The van der Waals surface area contributed by atoms with Gasteiger partial charge in [0.25, 0.3) is 0 Å². The summed E-state index contributed by atoms with van der Waals surface area (Å²) in [6.07, 6.45) is 6.10. The van der Waals surface area contributed by atoms with E-state index in [0.717, 1.165) is 0 Å². The van der Waals surface area contributed by atoms with Crippen LogP contribution in [0.15, 0.2) is 54.7 Å². The molecule has 15 atom stereocenters. The Bertz CT molecular complexity index is 3820. The fourth-order valence-corrected chi connectivity index (χ4v) is 13.0. The first-order valence-corrected chi connectivity index (χ1v) is 41.7. The number of nitrogens with one attached hydrogen (secondary N) is 14. The molecule has 15 amide bonds. The second-order valence-corrected chi connectivity index (χ2v) is 31.6. The van der Waals surface area contributed by atoms with Crippen molar-refractivity contribution in [2.45, 2.75) is 257 Å². The minimum absolute atomic E-state index is 0.00654. The van der Waals surface area contributed by atoms with E-state index in [1.165, 1.54) is 37.7 Å². The number of benzene rings is 2. The first-order valence-electron chi connectivity index (χ1n) is 40.3. The molecule has 2 aromatic carbocycles. The molecule has 0 bridgehead atoms. The number of para-hydroxylation sites is 1. The summed E-state index contributed by atoms with van der Waals surface area (Å²) in [5, 5.41) is 44.8. The molecule has 0 saturated carbocycles. The van der Waals surface area contributed by atoms with E-state index in [2.05, 4.69) is 74.1 Å². The van der Waals surface area contributed by atoms with Crippen molar-refractivity contribution >= 4 is 111 Å². The molecule has 0 spiro atoms. The smallest absolute Gasteiger partial charge is 0.243 e. The lowest BCUT2D eigenvalue weighted by Gasteiger charge is -2.28. The van der Waals surface area contributed by atoms with E-state index in [1.807, 2.05) is 40.7 Å². The van der Waals surface area contributed by atoms with Crippen LogP contribution >= 0.6 is 11.8 Å². The van der Waals surface area contributed by atoms with Gasteiger partial charge in [0.2, 0.25) is 88.6 Å². The van der Waals surface area contributed by atoms with Gasteiger partial charge in [0.05, 0.1) is 30.6 Å². The van der Waals surface area contributed by atoms with Gasteiger partial charge in [-0.25, -0.2) is 0 Å². The van der Waals surface area contributed by atoms with E-state index in [4.69, 9.17) is 34.4 Å². The molecule has 0 aliphatic carbocycles. The van der Waals surface area contributed by atoms with Crippen LogP contribution in [-0.2, 0) is 84.8 Å². The van der Waals surface area contributed by atoms with Gasteiger partial charge in [0.1, 0.15) is 72.5 Å². The summed E-state index contributed by atoms with van der Waals surface area (Å²) >= 11 is 1.34. The van der Waals surface area contributed by atoms with Crippen LogP contribution in [-0.4, -0.2) is 210 Å². The van der Waals surface area contributed by atoms with E-state index in [9.17, 15) is 77.2 Å². The number of unbranched alkanes of at least 4 members (excludes halogenated alkanes) is 3. The van der Waals surface area contributed by atoms with Crippen molar-refractivity contribution in [2.24, 2.45) is 58.1 Å². The summed E-state index contributed by atoms with van der Waals surface area (Å²) in [4.78, 5) is 212. The van der Waals surface area contributed by atoms with Gasteiger partial charge in [0.15, 0.2) is 0 Å². The number of hydrogen-bond acceptors (Lipinski definition) is 21. The number of carbonyl (C=O) groups is 15. The van der Waals surface area contributed by atoms with Crippen molar-refractivity contribution < 1.29 is 71.9 Å². The second kappa shape index (κ2) is 53.1. The van der Waals surface area contributed by atoms with Gasteiger partial charge in [-0.15, -0.1) is 0 Å². The summed E-state index contributed by atoms with van der Waals surface area (Å²) in [6, 6.07) is -1.55. The number of H-pyrrole nitrogens is 1. The van der Waals surface area contributed by atoms with E-state index in [1.54, 1.807) is 69.6 Å². The molecule has 3 aromatic rings. The maximum Gasteiger partial charge on any atom is 0.243 e. The van der Waals surface area contributed by atoms with E-state index in [0.29, 0.717) is 84.7 Å². The Kier molecular flexibility index (Phi) is 45.8. The van der Waals surface area contributed by atoms with Crippen LogP contribution in [0.4, 0.5) is 0 Å². The lowest BCUT2D eigenvalue weighted by molar-refractivity contribution is -0.136. The summed E-state index contributed by atoms with van der Waals surface area (Å²) in [5.74, 6) is -13.0. The summed E-state index contributed by atoms with van der Waals surface area (Å²) in [7, 11) is 0. The van der Waals surface area contributed by atoms with Gasteiger partial charge in [-0.2, -0.15) is 17.0 Å². The maximum absolute atomic E-state index is 14.8. The van der Waals surface area contributed by atoms with Crippen LogP contribution < -0.4 is 104 Å². The number of hydrogen-bond donors (Lipinski definition) is 20.